The third-order valence-corrected chi connectivity index (χ3v) is 3.39. The van der Waals surface area contributed by atoms with Crippen LogP contribution in [0.4, 0.5) is 0 Å². The molecule has 0 heterocycles. The Morgan fingerprint density at radius 3 is 2.53 bits per heavy atom. The van der Waals surface area contributed by atoms with Crippen LogP contribution in [0.5, 0.6) is 0 Å². The van der Waals surface area contributed by atoms with Crippen LogP contribution in [0.25, 0.3) is 0 Å². The second kappa shape index (κ2) is 6.11. The van der Waals surface area contributed by atoms with Crippen LogP contribution in [-0.4, -0.2) is 18.0 Å². The van der Waals surface area contributed by atoms with Gasteiger partial charge in [0, 0.05) is 6.04 Å². The maximum atomic E-state index is 11.4. The van der Waals surface area contributed by atoms with Gasteiger partial charge in [0.25, 0.3) is 0 Å². The summed E-state index contributed by atoms with van der Waals surface area (Å²) < 4.78 is 0. The molecule has 2 unspecified atom stereocenters. The number of nitrogens with one attached hydrogen (secondary N) is 1. The molecule has 1 saturated carbocycles. The molecule has 2 atom stereocenters. The van der Waals surface area contributed by atoms with Crippen molar-refractivity contribution in [3.8, 4) is 0 Å². The summed E-state index contributed by atoms with van der Waals surface area (Å²) in [4.78, 5) is 11.4. The monoisotopic (exact) mass is 212 g/mol. The second-order valence-electron chi connectivity index (χ2n) is 4.79. The minimum absolute atomic E-state index is 0.131. The molecule has 3 nitrogen and oxygen atoms in total. The van der Waals surface area contributed by atoms with Gasteiger partial charge in [-0.15, -0.1) is 0 Å². The Balaban J connectivity index is 2.45. The molecule has 0 bridgehead atoms. The van der Waals surface area contributed by atoms with Gasteiger partial charge < -0.3 is 11.1 Å². The van der Waals surface area contributed by atoms with Gasteiger partial charge in [-0.3, -0.25) is 4.79 Å². The molecule has 0 spiro atoms. The Kier molecular flexibility index (Phi) is 5.09. The molecule has 15 heavy (non-hydrogen) atoms. The summed E-state index contributed by atoms with van der Waals surface area (Å²) in [5, 5.41) is 3.43. The minimum Gasteiger partial charge on any atom is -0.368 e. The summed E-state index contributed by atoms with van der Waals surface area (Å²) in [6.45, 7) is 4.25. The maximum Gasteiger partial charge on any atom is 0.234 e. The van der Waals surface area contributed by atoms with Gasteiger partial charge >= 0.3 is 0 Å². The lowest BCUT2D eigenvalue weighted by Crippen LogP contribution is -2.49. The molecule has 3 heteroatoms. The van der Waals surface area contributed by atoms with Crippen LogP contribution in [0.15, 0.2) is 0 Å². The van der Waals surface area contributed by atoms with Crippen LogP contribution >= 0.6 is 0 Å². The number of carbonyl (C=O) groups excluding carboxylic acids is 1. The van der Waals surface area contributed by atoms with Crippen molar-refractivity contribution in [1.29, 1.82) is 0 Å². The fourth-order valence-electron chi connectivity index (χ4n) is 2.50. The summed E-state index contributed by atoms with van der Waals surface area (Å²) in [5.41, 5.74) is 5.44. The predicted molar refractivity (Wildman–Crippen MR) is 62.4 cm³/mol. The van der Waals surface area contributed by atoms with Crippen molar-refractivity contribution in [1.82, 2.24) is 5.32 Å². The van der Waals surface area contributed by atoms with Gasteiger partial charge in [0.2, 0.25) is 5.91 Å². The van der Waals surface area contributed by atoms with Gasteiger partial charge in [-0.1, -0.05) is 33.1 Å². The van der Waals surface area contributed by atoms with Crippen LogP contribution in [0.3, 0.4) is 0 Å². The van der Waals surface area contributed by atoms with E-state index in [4.69, 9.17) is 5.73 Å². The molecule has 0 saturated heterocycles. The summed E-state index contributed by atoms with van der Waals surface area (Å²) in [6, 6.07) is 0.384. The molecule has 1 aliphatic rings. The molecular formula is C12H24N2O. The summed E-state index contributed by atoms with van der Waals surface area (Å²) in [7, 11) is 0. The summed E-state index contributed by atoms with van der Waals surface area (Å²) >= 11 is 0. The number of primary amides is 1. The number of amides is 1. The number of rotatable bonds is 6. The zero-order valence-corrected chi connectivity index (χ0v) is 9.96. The SMILES string of the molecule is CCCC(C)C(NC1CCCC1)C(N)=O. The lowest BCUT2D eigenvalue weighted by molar-refractivity contribution is -0.121. The van der Waals surface area contributed by atoms with Crippen molar-refractivity contribution in [3.63, 3.8) is 0 Å². The summed E-state index contributed by atoms with van der Waals surface area (Å²) in [5.74, 6) is 0.163. The van der Waals surface area contributed by atoms with Gasteiger partial charge in [-0.25, -0.2) is 0 Å². The lowest BCUT2D eigenvalue weighted by Gasteiger charge is -2.25. The highest BCUT2D eigenvalue weighted by atomic mass is 16.1. The molecule has 1 amide bonds. The van der Waals surface area contributed by atoms with E-state index >= 15 is 0 Å². The Morgan fingerprint density at radius 1 is 1.47 bits per heavy atom. The van der Waals surface area contributed by atoms with E-state index < -0.39 is 0 Å². The molecular weight excluding hydrogens is 188 g/mol. The molecule has 88 valence electrons. The number of hydrogen-bond acceptors (Lipinski definition) is 2. The van der Waals surface area contributed by atoms with Crippen LogP contribution < -0.4 is 11.1 Å². The van der Waals surface area contributed by atoms with E-state index in [0.29, 0.717) is 12.0 Å². The fourth-order valence-corrected chi connectivity index (χ4v) is 2.50. The van der Waals surface area contributed by atoms with Crippen LogP contribution in [0.1, 0.15) is 52.4 Å². The zero-order chi connectivity index (χ0) is 11.3. The molecule has 0 radical (unpaired) electrons. The molecule has 3 N–H and O–H groups in total. The zero-order valence-electron chi connectivity index (χ0n) is 9.96. The molecule has 0 aromatic heterocycles. The smallest absolute Gasteiger partial charge is 0.234 e. The van der Waals surface area contributed by atoms with Crippen LogP contribution in [0.2, 0.25) is 0 Å². The molecule has 0 aromatic rings. The van der Waals surface area contributed by atoms with Gasteiger partial charge in [-0.05, 0) is 25.2 Å². The van der Waals surface area contributed by atoms with E-state index in [1.807, 2.05) is 0 Å². The Morgan fingerprint density at radius 2 is 2.07 bits per heavy atom. The average Bonchev–Trinajstić information content (AvgIpc) is 2.66. The number of carbonyl (C=O) groups is 1. The first-order chi connectivity index (χ1) is 7.15. The van der Waals surface area contributed by atoms with Crippen LogP contribution in [-0.2, 0) is 4.79 Å². The largest absolute Gasteiger partial charge is 0.368 e. The third kappa shape index (κ3) is 3.82. The van der Waals surface area contributed by atoms with E-state index in [0.717, 1.165) is 12.8 Å². The molecule has 0 aromatic carbocycles. The fraction of sp³-hybridized carbons (Fsp3) is 0.917. The normalized spacial score (nSPS) is 21.5. The van der Waals surface area contributed by atoms with E-state index in [1.165, 1.54) is 25.7 Å². The van der Waals surface area contributed by atoms with Crippen molar-refractivity contribution < 1.29 is 4.79 Å². The van der Waals surface area contributed by atoms with Gasteiger partial charge in [-0.2, -0.15) is 0 Å². The Bertz CT molecular complexity index is 200. The lowest BCUT2D eigenvalue weighted by atomic mass is 9.95. The van der Waals surface area contributed by atoms with E-state index in [1.54, 1.807) is 0 Å². The van der Waals surface area contributed by atoms with E-state index in [9.17, 15) is 4.79 Å². The first-order valence-electron chi connectivity index (χ1n) is 6.20. The van der Waals surface area contributed by atoms with Crippen molar-refractivity contribution in [2.75, 3.05) is 0 Å². The topological polar surface area (TPSA) is 55.1 Å². The molecule has 1 rings (SSSR count). The summed E-state index contributed by atoms with van der Waals surface area (Å²) in [6.07, 6.45) is 7.13. The Hall–Kier alpha value is -0.570. The maximum absolute atomic E-state index is 11.4. The van der Waals surface area contributed by atoms with E-state index in [-0.39, 0.29) is 11.9 Å². The second-order valence-corrected chi connectivity index (χ2v) is 4.79. The first kappa shape index (κ1) is 12.5. The Labute approximate surface area is 92.8 Å². The quantitative estimate of drug-likeness (QED) is 0.705. The molecule has 1 fully saturated rings. The van der Waals surface area contributed by atoms with Gasteiger partial charge in [0.05, 0.1) is 6.04 Å². The third-order valence-electron chi connectivity index (χ3n) is 3.39. The van der Waals surface area contributed by atoms with Crippen LogP contribution in [0, 0.1) is 5.92 Å². The first-order valence-corrected chi connectivity index (χ1v) is 6.20. The van der Waals surface area contributed by atoms with Crippen molar-refractivity contribution in [2.45, 2.75) is 64.5 Å². The standard InChI is InChI=1S/C12H24N2O/c1-3-6-9(2)11(12(13)15)14-10-7-4-5-8-10/h9-11,14H,3-8H2,1-2H3,(H2,13,15). The highest BCUT2D eigenvalue weighted by Crippen LogP contribution is 2.20. The minimum atomic E-state index is -0.192. The number of nitrogens with two attached hydrogens (primary N) is 1. The van der Waals surface area contributed by atoms with Gasteiger partial charge in [0.15, 0.2) is 0 Å². The number of hydrogen-bond donors (Lipinski definition) is 2. The van der Waals surface area contributed by atoms with Crippen molar-refractivity contribution in [3.05, 3.63) is 0 Å². The predicted octanol–water partition coefficient (Wildman–Crippen LogP) is 1.81. The molecule has 1 aliphatic carbocycles. The average molecular weight is 212 g/mol. The van der Waals surface area contributed by atoms with Crippen molar-refractivity contribution >= 4 is 5.91 Å². The highest BCUT2D eigenvalue weighted by Gasteiger charge is 2.26. The molecule has 0 aliphatic heterocycles. The van der Waals surface area contributed by atoms with Crippen molar-refractivity contribution in [2.24, 2.45) is 11.7 Å². The highest BCUT2D eigenvalue weighted by molar-refractivity contribution is 5.80. The van der Waals surface area contributed by atoms with E-state index in [2.05, 4.69) is 19.2 Å². The van der Waals surface area contributed by atoms with Gasteiger partial charge in [0.1, 0.15) is 0 Å².